The SMILES string of the molecule is C[C@@H](OC(=O)c1cc(=O)c2cc(Cl)ccc2o1)C(=O)NC(C)(C)C. The van der Waals surface area contributed by atoms with Crippen LogP contribution >= 0.6 is 11.6 Å². The van der Waals surface area contributed by atoms with Crippen LogP contribution in [0.2, 0.25) is 5.02 Å². The molecule has 0 spiro atoms. The van der Waals surface area contributed by atoms with Crippen LogP contribution in [0.5, 0.6) is 0 Å². The van der Waals surface area contributed by atoms with Gasteiger partial charge in [0.15, 0.2) is 11.5 Å². The highest BCUT2D eigenvalue weighted by Gasteiger charge is 2.24. The summed E-state index contributed by atoms with van der Waals surface area (Å²) < 4.78 is 10.4. The zero-order valence-corrected chi connectivity index (χ0v) is 14.6. The Morgan fingerprint density at radius 2 is 1.92 bits per heavy atom. The molecule has 24 heavy (non-hydrogen) atoms. The van der Waals surface area contributed by atoms with Gasteiger partial charge < -0.3 is 14.5 Å². The lowest BCUT2D eigenvalue weighted by atomic mass is 10.1. The van der Waals surface area contributed by atoms with E-state index < -0.39 is 28.9 Å². The van der Waals surface area contributed by atoms with Gasteiger partial charge in [0.25, 0.3) is 5.91 Å². The molecule has 1 heterocycles. The maximum absolute atomic E-state index is 12.1. The topological polar surface area (TPSA) is 85.6 Å². The average molecular weight is 352 g/mol. The Kier molecular flexibility index (Phi) is 4.99. The maximum Gasteiger partial charge on any atom is 0.375 e. The van der Waals surface area contributed by atoms with Gasteiger partial charge in [-0.3, -0.25) is 9.59 Å². The Bertz CT molecular complexity index is 850. The van der Waals surface area contributed by atoms with Crippen molar-refractivity contribution in [1.82, 2.24) is 5.32 Å². The predicted octanol–water partition coefficient (Wildman–Crippen LogP) is 2.91. The minimum absolute atomic E-state index is 0.214. The standard InChI is InChI=1S/C17H18ClNO5/c1-9(15(21)19-17(2,3)4)23-16(22)14-8-12(20)11-7-10(18)5-6-13(11)24-14/h5-9H,1-4H3,(H,19,21)/t9-/m1/s1. The number of halogens is 1. The summed E-state index contributed by atoms with van der Waals surface area (Å²) in [6, 6.07) is 5.51. The molecule has 0 saturated heterocycles. The summed E-state index contributed by atoms with van der Waals surface area (Å²) in [5, 5.41) is 3.35. The Balaban J connectivity index is 2.21. The van der Waals surface area contributed by atoms with Crippen LogP contribution in [0.25, 0.3) is 11.0 Å². The van der Waals surface area contributed by atoms with Gasteiger partial charge in [-0.1, -0.05) is 11.6 Å². The Labute approximate surface area is 143 Å². The molecule has 2 rings (SSSR count). The summed E-state index contributed by atoms with van der Waals surface area (Å²) in [5.41, 5.74) is -0.657. The molecule has 0 saturated carbocycles. The van der Waals surface area contributed by atoms with E-state index in [1.165, 1.54) is 19.1 Å². The number of rotatable bonds is 3. The summed E-state index contributed by atoms with van der Waals surface area (Å²) in [7, 11) is 0. The molecular weight excluding hydrogens is 334 g/mol. The minimum atomic E-state index is -1.03. The number of carbonyl (C=O) groups excluding carboxylic acids is 2. The number of amides is 1. The van der Waals surface area contributed by atoms with Crippen molar-refractivity contribution in [2.24, 2.45) is 0 Å². The highest BCUT2D eigenvalue weighted by atomic mass is 35.5. The lowest BCUT2D eigenvalue weighted by Gasteiger charge is -2.23. The zero-order valence-electron chi connectivity index (χ0n) is 13.8. The smallest absolute Gasteiger partial charge is 0.375 e. The number of ether oxygens (including phenoxy) is 1. The van der Waals surface area contributed by atoms with Gasteiger partial charge in [-0.25, -0.2) is 4.79 Å². The number of hydrogen-bond acceptors (Lipinski definition) is 5. The molecule has 1 atom stereocenters. The van der Waals surface area contributed by atoms with Crippen LogP contribution in [0, 0.1) is 0 Å². The molecule has 0 aliphatic rings. The van der Waals surface area contributed by atoms with Gasteiger partial charge in [0, 0.05) is 16.6 Å². The third-order valence-electron chi connectivity index (χ3n) is 3.04. The third-order valence-corrected chi connectivity index (χ3v) is 3.28. The molecule has 0 aliphatic heterocycles. The highest BCUT2D eigenvalue weighted by Crippen LogP contribution is 2.18. The second kappa shape index (κ2) is 6.65. The van der Waals surface area contributed by atoms with E-state index >= 15 is 0 Å². The molecule has 1 amide bonds. The molecule has 0 fully saturated rings. The van der Waals surface area contributed by atoms with E-state index in [0.29, 0.717) is 5.02 Å². The maximum atomic E-state index is 12.1. The Morgan fingerprint density at radius 1 is 1.25 bits per heavy atom. The van der Waals surface area contributed by atoms with Crippen LogP contribution in [0.15, 0.2) is 33.5 Å². The largest absolute Gasteiger partial charge is 0.449 e. The van der Waals surface area contributed by atoms with Gasteiger partial charge in [-0.05, 0) is 45.9 Å². The molecule has 6 nitrogen and oxygen atoms in total. The first-order valence-electron chi connectivity index (χ1n) is 7.33. The van der Waals surface area contributed by atoms with E-state index in [-0.39, 0.29) is 16.7 Å². The molecule has 1 N–H and O–H groups in total. The van der Waals surface area contributed by atoms with Crippen molar-refractivity contribution in [1.29, 1.82) is 0 Å². The highest BCUT2D eigenvalue weighted by molar-refractivity contribution is 6.31. The van der Waals surface area contributed by atoms with Crippen LogP contribution in [0.3, 0.4) is 0 Å². The Morgan fingerprint density at radius 3 is 2.54 bits per heavy atom. The van der Waals surface area contributed by atoms with Crippen molar-refractivity contribution in [3.8, 4) is 0 Å². The van der Waals surface area contributed by atoms with E-state index in [2.05, 4.69) is 5.32 Å². The number of fused-ring (bicyclic) bond motifs is 1. The van der Waals surface area contributed by atoms with Crippen molar-refractivity contribution in [3.63, 3.8) is 0 Å². The van der Waals surface area contributed by atoms with E-state index in [1.54, 1.807) is 6.07 Å². The molecule has 1 aromatic carbocycles. The van der Waals surface area contributed by atoms with Crippen LogP contribution in [0.1, 0.15) is 38.2 Å². The van der Waals surface area contributed by atoms with Crippen molar-refractivity contribution in [3.05, 3.63) is 45.3 Å². The average Bonchev–Trinajstić information content (AvgIpc) is 2.45. The monoisotopic (exact) mass is 351 g/mol. The van der Waals surface area contributed by atoms with E-state index in [4.69, 9.17) is 20.8 Å². The zero-order chi connectivity index (χ0) is 18.1. The summed E-state index contributed by atoms with van der Waals surface area (Å²) in [6.07, 6.45) is -1.03. The molecule has 0 bridgehead atoms. The van der Waals surface area contributed by atoms with Crippen molar-refractivity contribution >= 4 is 34.4 Å². The van der Waals surface area contributed by atoms with Crippen LogP contribution in [-0.4, -0.2) is 23.5 Å². The lowest BCUT2D eigenvalue weighted by molar-refractivity contribution is -0.130. The van der Waals surface area contributed by atoms with Crippen LogP contribution in [0.4, 0.5) is 0 Å². The molecule has 0 radical (unpaired) electrons. The van der Waals surface area contributed by atoms with Crippen LogP contribution < -0.4 is 10.7 Å². The molecule has 1 aromatic heterocycles. The first kappa shape index (κ1) is 18.0. The van der Waals surface area contributed by atoms with Crippen molar-refractivity contribution in [2.45, 2.75) is 39.3 Å². The first-order chi connectivity index (χ1) is 11.1. The number of carbonyl (C=O) groups is 2. The number of nitrogens with one attached hydrogen (secondary N) is 1. The third kappa shape index (κ3) is 4.35. The van der Waals surface area contributed by atoms with Gasteiger partial charge in [-0.2, -0.15) is 0 Å². The first-order valence-corrected chi connectivity index (χ1v) is 7.71. The second-order valence-electron chi connectivity index (χ2n) is 6.40. The van der Waals surface area contributed by atoms with E-state index in [9.17, 15) is 14.4 Å². The quantitative estimate of drug-likeness (QED) is 0.859. The molecule has 2 aromatic rings. The van der Waals surface area contributed by atoms with Crippen molar-refractivity contribution < 1.29 is 18.7 Å². The van der Waals surface area contributed by atoms with Gasteiger partial charge in [0.2, 0.25) is 5.76 Å². The molecule has 7 heteroatoms. The fraction of sp³-hybridized carbons (Fsp3) is 0.353. The molecule has 128 valence electrons. The van der Waals surface area contributed by atoms with Crippen molar-refractivity contribution in [2.75, 3.05) is 0 Å². The number of hydrogen-bond donors (Lipinski definition) is 1. The summed E-state index contributed by atoms with van der Waals surface area (Å²) in [5.74, 6) is -1.60. The molecular formula is C17H18ClNO5. The number of benzene rings is 1. The second-order valence-corrected chi connectivity index (χ2v) is 6.84. The predicted molar refractivity (Wildman–Crippen MR) is 90.3 cm³/mol. The molecule has 0 aliphatic carbocycles. The Hall–Kier alpha value is -2.34. The van der Waals surface area contributed by atoms with Gasteiger partial charge in [0.05, 0.1) is 5.39 Å². The summed E-state index contributed by atoms with van der Waals surface area (Å²) in [4.78, 5) is 36.1. The van der Waals surface area contributed by atoms with E-state index in [0.717, 1.165) is 6.07 Å². The van der Waals surface area contributed by atoms with Gasteiger partial charge in [-0.15, -0.1) is 0 Å². The molecule has 0 unspecified atom stereocenters. The van der Waals surface area contributed by atoms with Crippen LogP contribution in [-0.2, 0) is 9.53 Å². The number of esters is 1. The fourth-order valence-corrected chi connectivity index (χ4v) is 2.14. The lowest BCUT2D eigenvalue weighted by Crippen LogP contribution is -2.46. The summed E-state index contributed by atoms with van der Waals surface area (Å²) in [6.45, 7) is 6.88. The fourth-order valence-electron chi connectivity index (χ4n) is 1.97. The van der Waals surface area contributed by atoms with E-state index in [1.807, 2.05) is 20.8 Å². The summed E-state index contributed by atoms with van der Waals surface area (Å²) >= 11 is 5.83. The minimum Gasteiger partial charge on any atom is -0.449 e. The van der Waals surface area contributed by atoms with Gasteiger partial charge in [0.1, 0.15) is 5.58 Å². The normalized spacial score (nSPS) is 12.7. The van der Waals surface area contributed by atoms with Gasteiger partial charge >= 0.3 is 5.97 Å².